The van der Waals surface area contributed by atoms with Crippen molar-refractivity contribution in [1.29, 1.82) is 0 Å². The molecule has 1 aliphatic rings. The molecule has 94 valence electrons. The summed E-state index contributed by atoms with van der Waals surface area (Å²) in [5.41, 5.74) is 1.36. The second-order valence-corrected chi connectivity index (χ2v) is 5.66. The average Bonchev–Trinajstić information content (AvgIpc) is 3.03. The van der Waals surface area contributed by atoms with Gasteiger partial charge < -0.3 is 10.1 Å². The number of methoxy groups -OCH3 is 1. The largest absolute Gasteiger partial charge is 0.496 e. The maximum Gasteiger partial charge on any atom is 0.133 e. The minimum Gasteiger partial charge on any atom is -0.496 e. The Morgan fingerprint density at radius 3 is 2.71 bits per heavy atom. The lowest BCUT2D eigenvalue weighted by Gasteiger charge is -2.19. The van der Waals surface area contributed by atoms with E-state index in [0.29, 0.717) is 6.04 Å². The van der Waals surface area contributed by atoms with Gasteiger partial charge in [0, 0.05) is 6.04 Å². The summed E-state index contributed by atoms with van der Waals surface area (Å²) in [5, 5.41) is 3.59. The van der Waals surface area contributed by atoms with Crippen molar-refractivity contribution in [3.05, 3.63) is 28.2 Å². The van der Waals surface area contributed by atoms with Gasteiger partial charge in [-0.3, -0.25) is 0 Å². The van der Waals surface area contributed by atoms with Crippen molar-refractivity contribution in [3.8, 4) is 5.75 Å². The Morgan fingerprint density at radius 2 is 2.24 bits per heavy atom. The first-order valence-electron chi connectivity index (χ1n) is 6.24. The molecule has 1 aromatic carbocycles. The van der Waals surface area contributed by atoms with Crippen LogP contribution in [0.3, 0.4) is 0 Å². The normalized spacial score (nSPS) is 24.5. The lowest BCUT2D eigenvalue weighted by Crippen LogP contribution is -2.23. The number of halogens is 1. The van der Waals surface area contributed by atoms with Crippen molar-refractivity contribution in [3.63, 3.8) is 0 Å². The van der Waals surface area contributed by atoms with Crippen LogP contribution in [0.15, 0.2) is 22.7 Å². The first kappa shape index (κ1) is 12.9. The van der Waals surface area contributed by atoms with Crippen molar-refractivity contribution in [1.82, 2.24) is 5.32 Å². The Kier molecular flexibility index (Phi) is 4.10. The van der Waals surface area contributed by atoms with Crippen LogP contribution in [0.1, 0.15) is 31.9 Å². The summed E-state index contributed by atoms with van der Waals surface area (Å²) >= 11 is 3.56. The molecule has 3 atom stereocenters. The third-order valence-electron chi connectivity index (χ3n) is 3.56. The lowest BCUT2D eigenvalue weighted by molar-refractivity contribution is 0.411. The standard InChI is InChI=1S/C14H20BrNO/c1-4-16-14(11-7-9(11)2)10-5-6-13(17-3)12(15)8-10/h5-6,8-9,11,14,16H,4,7H2,1-3H3. The topological polar surface area (TPSA) is 21.3 Å². The fraction of sp³-hybridized carbons (Fsp3) is 0.571. The van der Waals surface area contributed by atoms with E-state index >= 15 is 0 Å². The van der Waals surface area contributed by atoms with Crippen LogP contribution in [0.5, 0.6) is 5.75 Å². The Morgan fingerprint density at radius 1 is 1.53 bits per heavy atom. The number of nitrogens with one attached hydrogen (secondary N) is 1. The summed E-state index contributed by atoms with van der Waals surface area (Å²) in [5.74, 6) is 2.53. The molecule has 1 N–H and O–H groups in total. The van der Waals surface area contributed by atoms with E-state index < -0.39 is 0 Å². The van der Waals surface area contributed by atoms with E-state index in [2.05, 4.69) is 47.2 Å². The van der Waals surface area contributed by atoms with E-state index in [9.17, 15) is 0 Å². The summed E-state index contributed by atoms with van der Waals surface area (Å²) in [6.07, 6.45) is 1.33. The van der Waals surface area contributed by atoms with Crippen LogP contribution >= 0.6 is 15.9 Å². The third-order valence-corrected chi connectivity index (χ3v) is 4.18. The molecule has 0 radical (unpaired) electrons. The van der Waals surface area contributed by atoms with Crippen LogP contribution in [0.25, 0.3) is 0 Å². The fourth-order valence-corrected chi connectivity index (χ4v) is 2.99. The van der Waals surface area contributed by atoms with E-state index in [1.54, 1.807) is 7.11 Å². The molecule has 3 heteroatoms. The molecule has 2 rings (SSSR count). The van der Waals surface area contributed by atoms with Crippen LogP contribution in [-0.4, -0.2) is 13.7 Å². The van der Waals surface area contributed by atoms with Gasteiger partial charge >= 0.3 is 0 Å². The Balaban J connectivity index is 2.20. The lowest BCUT2D eigenvalue weighted by atomic mass is 10.0. The second-order valence-electron chi connectivity index (χ2n) is 4.81. The van der Waals surface area contributed by atoms with Crippen molar-refractivity contribution in [2.24, 2.45) is 11.8 Å². The van der Waals surface area contributed by atoms with Gasteiger partial charge in [-0.1, -0.05) is 19.9 Å². The van der Waals surface area contributed by atoms with Gasteiger partial charge in [0.15, 0.2) is 0 Å². The Hall–Kier alpha value is -0.540. The zero-order chi connectivity index (χ0) is 12.4. The van der Waals surface area contributed by atoms with Crippen molar-refractivity contribution >= 4 is 15.9 Å². The van der Waals surface area contributed by atoms with Gasteiger partial charge in [0.2, 0.25) is 0 Å². The molecule has 0 heterocycles. The highest BCUT2D eigenvalue weighted by Crippen LogP contribution is 2.47. The van der Waals surface area contributed by atoms with Crippen LogP contribution < -0.4 is 10.1 Å². The molecule has 3 unspecified atom stereocenters. The van der Waals surface area contributed by atoms with Gasteiger partial charge in [-0.25, -0.2) is 0 Å². The number of rotatable bonds is 5. The predicted molar refractivity (Wildman–Crippen MR) is 74.4 cm³/mol. The maximum atomic E-state index is 5.27. The van der Waals surface area contributed by atoms with E-state index in [4.69, 9.17) is 4.74 Å². The Labute approximate surface area is 112 Å². The van der Waals surface area contributed by atoms with Crippen LogP contribution in [0, 0.1) is 11.8 Å². The van der Waals surface area contributed by atoms with Gasteiger partial charge in [0.05, 0.1) is 11.6 Å². The van der Waals surface area contributed by atoms with Crippen molar-refractivity contribution in [2.45, 2.75) is 26.3 Å². The van der Waals surface area contributed by atoms with Gasteiger partial charge in [-0.05, 0) is 58.4 Å². The van der Waals surface area contributed by atoms with Crippen molar-refractivity contribution in [2.75, 3.05) is 13.7 Å². The molecule has 1 aliphatic carbocycles. The van der Waals surface area contributed by atoms with E-state index in [0.717, 1.165) is 28.6 Å². The highest BCUT2D eigenvalue weighted by atomic mass is 79.9. The number of ether oxygens (including phenoxy) is 1. The summed E-state index contributed by atoms with van der Waals surface area (Å²) < 4.78 is 6.31. The molecular formula is C14H20BrNO. The summed E-state index contributed by atoms with van der Waals surface area (Å²) in [4.78, 5) is 0. The molecule has 0 spiro atoms. The minimum absolute atomic E-state index is 0.484. The summed E-state index contributed by atoms with van der Waals surface area (Å²) in [7, 11) is 1.70. The first-order valence-corrected chi connectivity index (χ1v) is 7.03. The summed E-state index contributed by atoms with van der Waals surface area (Å²) in [6.45, 7) is 5.50. The molecule has 0 saturated heterocycles. The first-order chi connectivity index (χ1) is 8.17. The fourth-order valence-electron chi connectivity index (χ4n) is 2.43. The van der Waals surface area contributed by atoms with Gasteiger partial charge in [-0.15, -0.1) is 0 Å². The quantitative estimate of drug-likeness (QED) is 0.893. The predicted octanol–water partition coefficient (Wildman–Crippen LogP) is 3.76. The molecule has 1 saturated carbocycles. The molecule has 0 amide bonds. The summed E-state index contributed by atoms with van der Waals surface area (Å²) in [6, 6.07) is 6.87. The van der Waals surface area contributed by atoms with Gasteiger partial charge in [0.1, 0.15) is 5.75 Å². The molecule has 1 aromatic rings. The highest BCUT2D eigenvalue weighted by Gasteiger charge is 2.39. The number of hydrogen-bond acceptors (Lipinski definition) is 2. The van der Waals surface area contributed by atoms with Crippen LogP contribution in [-0.2, 0) is 0 Å². The minimum atomic E-state index is 0.484. The molecule has 0 aromatic heterocycles. The highest BCUT2D eigenvalue weighted by molar-refractivity contribution is 9.10. The molecule has 1 fully saturated rings. The van der Waals surface area contributed by atoms with Gasteiger partial charge in [0.25, 0.3) is 0 Å². The number of benzene rings is 1. The van der Waals surface area contributed by atoms with Crippen LogP contribution in [0.2, 0.25) is 0 Å². The van der Waals surface area contributed by atoms with E-state index in [1.807, 2.05) is 6.07 Å². The maximum absolute atomic E-state index is 5.27. The number of hydrogen-bond donors (Lipinski definition) is 1. The third kappa shape index (κ3) is 2.83. The Bertz CT molecular complexity index is 394. The van der Waals surface area contributed by atoms with E-state index in [1.165, 1.54) is 12.0 Å². The van der Waals surface area contributed by atoms with Crippen LogP contribution in [0.4, 0.5) is 0 Å². The average molecular weight is 298 g/mol. The van der Waals surface area contributed by atoms with E-state index in [-0.39, 0.29) is 0 Å². The monoisotopic (exact) mass is 297 g/mol. The van der Waals surface area contributed by atoms with Gasteiger partial charge in [-0.2, -0.15) is 0 Å². The molecule has 17 heavy (non-hydrogen) atoms. The molecular weight excluding hydrogens is 278 g/mol. The van der Waals surface area contributed by atoms with Crippen molar-refractivity contribution < 1.29 is 4.74 Å². The zero-order valence-corrected chi connectivity index (χ0v) is 12.3. The zero-order valence-electron chi connectivity index (χ0n) is 10.7. The second kappa shape index (κ2) is 5.40. The molecule has 2 nitrogen and oxygen atoms in total. The molecule has 0 bridgehead atoms. The smallest absolute Gasteiger partial charge is 0.133 e. The molecule has 0 aliphatic heterocycles. The SMILES string of the molecule is CCNC(c1ccc(OC)c(Br)c1)C1CC1C.